The fraction of sp³-hybridized carbons (Fsp3) is 0.409. The van der Waals surface area contributed by atoms with Gasteiger partial charge in [0.05, 0.1) is 47.3 Å². The molecule has 1 aromatic carbocycles. The van der Waals surface area contributed by atoms with Crippen LogP contribution in [0, 0.1) is 0 Å². The Bertz CT molecular complexity index is 1770. The second-order valence-corrected chi connectivity index (χ2v) is 12.1. The van der Waals surface area contributed by atoms with Crippen LogP contribution in [0.4, 0.5) is 0 Å². The minimum Gasteiger partial charge on any atom is -0.370 e. The van der Waals surface area contributed by atoms with Crippen molar-refractivity contribution in [2.45, 2.75) is 45.7 Å². The largest absolute Gasteiger partial charge is 0.370 e. The van der Waals surface area contributed by atoms with Crippen molar-refractivity contribution in [1.29, 1.82) is 0 Å². The molecule has 0 saturated heterocycles. The normalized spacial score (nSPS) is 12.7. The smallest absolute Gasteiger partial charge is 0.332 e. The van der Waals surface area contributed by atoms with Crippen LogP contribution in [-0.4, -0.2) is 54.8 Å². The van der Waals surface area contributed by atoms with Crippen molar-refractivity contribution in [2.24, 2.45) is 14.1 Å². The van der Waals surface area contributed by atoms with Crippen molar-refractivity contribution in [2.75, 3.05) is 0 Å². The first-order valence-corrected chi connectivity index (χ1v) is 14.9. The summed E-state index contributed by atoms with van der Waals surface area (Å²) in [5, 5.41) is 17.6. The molecule has 0 radical (unpaired) electrons. The van der Waals surface area contributed by atoms with Gasteiger partial charge in [-0.05, 0) is 77.1 Å². The Morgan fingerprint density at radius 2 is 1.62 bits per heavy atom. The number of aromatic nitrogens is 10. The van der Waals surface area contributed by atoms with Gasteiger partial charge in [0.1, 0.15) is 16.7 Å². The molecule has 5 aromatic rings. The molecular weight excluding hydrogens is 772 g/mol. The third-order valence-electron chi connectivity index (χ3n) is 6.17. The van der Waals surface area contributed by atoms with Crippen LogP contribution in [0.25, 0.3) is 22.2 Å². The van der Waals surface area contributed by atoms with Gasteiger partial charge in [0.25, 0.3) is 5.56 Å². The zero-order valence-corrected chi connectivity index (χ0v) is 27.3. The highest BCUT2D eigenvalue weighted by atomic mass is 79.9. The molecule has 0 spiro atoms. The molecule has 0 aliphatic carbocycles. The van der Waals surface area contributed by atoms with Gasteiger partial charge in [-0.3, -0.25) is 18.6 Å². The molecule has 0 bridgehead atoms. The lowest BCUT2D eigenvalue weighted by atomic mass is 10.3. The zero-order chi connectivity index (χ0) is 28.0. The Balaban J connectivity index is 1.16. The van der Waals surface area contributed by atoms with E-state index in [4.69, 9.17) is 4.74 Å². The van der Waals surface area contributed by atoms with Crippen LogP contribution in [0.2, 0.25) is 0 Å². The summed E-state index contributed by atoms with van der Waals surface area (Å²) in [7, 11) is 3.04. The van der Waals surface area contributed by atoms with Crippen LogP contribution in [0.5, 0.6) is 0 Å². The predicted octanol–water partition coefficient (Wildman–Crippen LogP) is 3.52. The number of imidazole rings is 1. The first-order chi connectivity index (χ1) is 18.6. The van der Waals surface area contributed by atoms with Crippen LogP contribution in [0.1, 0.15) is 19.0 Å². The van der Waals surface area contributed by atoms with Crippen LogP contribution in [0.3, 0.4) is 0 Å². The number of benzene rings is 1. The van der Waals surface area contributed by atoms with Gasteiger partial charge in [-0.15, -0.1) is 5.10 Å². The first-order valence-electron chi connectivity index (χ1n) is 11.7. The second kappa shape index (κ2) is 11.3. The van der Waals surface area contributed by atoms with Gasteiger partial charge < -0.3 is 9.30 Å². The Labute approximate surface area is 254 Å². The highest BCUT2D eigenvalue weighted by molar-refractivity contribution is 9.15. The lowest BCUT2D eigenvalue weighted by Crippen LogP contribution is -2.37. The minimum atomic E-state index is -0.415. The fourth-order valence-electron chi connectivity index (χ4n) is 4.13. The maximum Gasteiger partial charge on any atom is 0.332 e. The number of ether oxygens (including phenoxy) is 1. The lowest BCUT2D eigenvalue weighted by molar-refractivity contribution is 0.0406. The summed E-state index contributed by atoms with van der Waals surface area (Å²) in [5.41, 5.74) is 2.13. The molecule has 1 unspecified atom stereocenters. The van der Waals surface area contributed by atoms with Crippen molar-refractivity contribution < 1.29 is 4.74 Å². The summed E-state index contributed by atoms with van der Waals surface area (Å²) in [6, 6.07) is 0. The zero-order valence-electron chi connectivity index (χ0n) is 21.0. The van der Waals surface area contributed by atoms with Gasteiger partial charge in [0.15, 0.2) is 11.2 Å². The minimum absolute atomic E-state index is 0.242. The summed E-state index contributed by atoms with van der Waals surface area (Å²) < 4.78 is 15.3. The molecule has 0 amide bonds. The summed E-state index contributed by atoms with van der Waals surface area (Å²) >= 11 is 14.2. The average Bonchev–Trinajstić information content (AvgIpc) is 3.66. The number of hydrogen-bond donors (Lipinski definition) is 0. The van der Waals surface area contributed by atoms with Crippen molar-refractivity contribution >= 4 is 85.9 Å². The van der Waals surface area contributed by atoms with E-state index >= 15 is 0 Å². The van der Waals surface area contributed by atoms with Gasteiger partial charge in [0.2, 0.25) is 0 Å². The van der Waals surface area contributed by atoms with Gasteiger partial charge in [-0.2, -0.15) is 15.0 Å². The first kappa shape index (κ1) is 28.3. The van der Waals surface area contributed by atoms with Crippen molar-refractivity contribution in [3.8, 4) is 0 Å². The second-order valence-electron chi connectivity index (χ2n) is 8.97. The van der Waals surface area contributed by atoms with Crippen LogP contribution >= 0.6 is 63.7 Å². The van der Waals surface area contributed by atoms with E-state index in [0.717, 1.165) is 39.9 Å². The number of aryl methyl sites for hydroxylation is 3. The highest BCUT2D eigenvalue weighted by Gasteiger charge is 2.19. The molecule has 5 rings (SSSR count). The van der Waals surface area contributed by atoms with Gasteiger partial charge in [-0.1, -0.05) is 5.21 Å². The molecule has 4 heterocycles. The predicted molar refractivity (Wildman–Crippen MR) is 157 cm³/mol. The number of hydrogen-bond acceptors (Lipinski definition) is 8. The van der Waals surface area contributed by atoms with Gasteiger partial charge in [0, 0.05) is 29.6 Å². The van der Waals surface area contributed by atoms with E-state index in [1.54, 1.807) is 27.4 Å². The Morgan fingerprint density at radius 1 is 0.949 bits per heavy atom. The maximum atomic E-state index is 12.6. The summed E-state index contributed by atoms with van der Waals surface area (Å²) in [4.78, 5) is 30.7. The van der Waals surface area contributed by atoms with Crippen molar-refractivity contribution in [3.05, 3.63) is 56.9 Å². The monoisotopic (exact) mass is 790 g/mol. The number of halogens is 4. The number of rotatable bonds is 9. The Hall–Kier alpha value is -2.21. The Kier molecular flexibility index (Phi) is 8.24. The average molecular weight is 794 g/mol. The molecule has 4 aromatic heterocycles. The molecule has 17 heteroatoms. The quantitative estimate of drug-likeness (QED) is 0.164. The van der Waals surface area contributed by atoms with Gasteiger partial charge >= 0.3 is 5.69 Å². The fourth-order valence-corrected chi connectivity index (χ4v) is 6.36. The van der Waals surface area contributed by atoms with E-state index in [-0.39, 0.29) is 18.3 Å². The van der Waals surface area contributed by atoms with E-state index in [2.05, 4.69) is 89.2 Å². The lowest BCUT2D eigenvalue weighted by Gasteiger charge is -2.13. The molecule has 206 valence electrons. The number of fused-ring (bicyclic) bond motifs is 2. The summed E-state index contributed by atoms with van der Waals surface area (Å²) in [6.45, 7) is 3.80. The number of nitrogens with zero attached hydrogens (tertiary/aromatic N) is 10. The standard InChI is InChI=1S/C22H22Br4N10O3/c1-11(7-34-10-27-20-19(34)21(37)33(3)22(38)32(20)2)39-9-12-8-35(31-28-12)5-4-6-36-29-17-15(25)13(23)14(24)16(26)18(17)30-36/h8,10-11H,4-7,9H2,1-3H3. The summed E-state index contributed by atoms with van der Waals surface area (Å²) in [6.07, 6.45) is 3.91. The molecule has 0 N–H and O–H groups in total. The van der Waals surface area contributed by atoms with Crippen LogP contribution in [0.15, 0.2) is 40.0 Å². The summed E-state index contributed by atoms with van der Waals surface area (Å²) in [5.74, 6) is 0. The molecule has 13 nitrogen and oxygen atoms in total. The van der Waals surface area contributed by atoms with E-state index in [1.165, 1.54) is 11.6 Å². The van der Waals surface area contributed by atoms with E-state index < -0.39 is 5.69 Å². The third kappa shape index (κ3) is 5.42. The van der Waals surface area contributed by atoms with E-state index in [0.29, 0.717) is 36.5 Å². The van der Waals surface area contributed by atoms with E-state index in [1.807, 2.05) is 13.1 Å². The van der Waals surface area contributed by atoms with Gasteiger partial charge in [-0.25, -0.2) is 9.78 Å². The topological polar surface area (TPSA) is 132 Å². The van der Waals surface area contributed by atoms with Crippen LogP contribution in [-0.2, 0) is 45.1 Å². The molecule has 0 fully saturated rings. The van der Waals surface area contributed by atoms with Crippen LogP contribution < -0.4 is 11.2 Å². The van der Waals surface area contributed by atoms with Crippen molar-refractivity contribution in [3.63, 3.8) is 0 Å². The highest BCUT2D eigenvalue weighted by Crippen LogP contribution is 2.42. The van der Waals surface area contributed by atoms with E-state index in [9.17, 15) is 9.59 Å². The van der Waals surface area contributed by atoms with Crippen molar-refractivity contribution in [1.82, 2.24) is 48.7 Å². The molecular formula is C22H22Br4N10O3. The third-order valence-corrected chi connectivity index (χ3v) is 10.9. The molecule has 1 atom stereocenters. The Morgan fingerprint density at radius 3 is 2.28 bits per heavy atom. The maximum absolute atomic E-state index is 12.6. The SMILES string of the molecule is CC(Cn1cnc2c1c(=O)n(C)c(=O)n2C)OCc1cn(CCCn2nc3c(Br)c(Br)c(Br)c(Br)c3n2)nn1. The molecule has 0 aliphatic heterocycles. The molecule has 0 aliphatic rings. The molecule has 0 saturated carbocycles. The molecule has 39 heavy (non-hydrogen) atoms.